The molecule has 2 aliphatic rings. The van der Waals surface area contributed by atoms with Gasteiger partial charge in [0.15, 0.2) is 46.0 Å². The number of nitrogens with zero attached hydrogens (tertiary/aromatic N) is 2. The second-order valence-corrected chi connectivity index (χ2v) is 17.7. The van der Waals surface area contributed by atoms with Crippen molar-refractivity contribution in [1.82, 2.24) is 0 Å². The van der Waals surface area contributed by atoms with Crippen LogP contribution in [0.2, 0.25) is 0 Å². The highest BCUT2D eigenvalue weighted by Gasteiger charge is 2.43. The number of quaternary nitrogens is 2. The summed E-state index contributed by atoms with van der Waals surface area (Å²) in [5, 5.41) is 0. The van der Waals surface area contributed by atoms with Gasteiger partial charge < -0.3 is 65.8 Å². The van der Waals surface area contributed by atoms with Gasteiger partial charge in [0.25, 0.3) is 0 Å². The molecule has 0 N–H and O–H groups in total. The number of benzene rings is 4. The van der Waals surface area contributed by atoms with Crippen LogP contribution in [0.25, 0.3) is 0 Å². The summed E-state index contributed by atoms with van der Waals surface area (Å²) < 4.78 is 69.5. The molecule has 4 aromatic rings. The fourth-order valence-corrected chi connectivity index (χ4v) is 10.1. The van der Waals surface area contributed by atoms with Crippen LogP contribution >= 0.6 is 0 Å². The van der Waals surface area contributed by atoms with Gasteiger partial charge in [-0.25, -0.2) is 9.59 Å². The fourth-order valence-electron chi connectivity index (χ4n) is 10.1. The van der Waals surface area contributed by atoms with E-state index in [9.17, 15) is 9.59 Å². The van der Waals surface area contributed by atoms with Crippen molar-refractivity contribution in [2.24, 2.45) is 0 Å². The number of methoxy groups -OCH3 is 10. The van der Waals surface area contributed by atoms with E-state index in [1.165, 1.54) is 5.56 Å². The Balaban J connectivity index is 1.08. The molecule has 2 heterocycles. The van der Waals surface area contributed by atoms with Crippen LogP contribution < -0.4 is 47.4 Å². The molecule has 374 valence electrons. The Hall–Kier alpha value is -6.52. The van der Waals surface area contributed by atoms with Crippen molar-refractivity contribution in [3.8, 4) is 57.5 Å². The molecule has 4 aromatic carbocycles. The lowest BCUT2D eigenvalue weighted by Gasteiger charge is -2.46. The maximum atomic E-state index is 12.9. The van der Waals surface area contributed by atoms with Gasteiger partial charge in [0.05, 0.1) is 125 Å². The minimum Gasteiger partial charge on any atom is -0.493 e. The molecule has 0 spiro atoms. The minimum absolute atomic E-state index is 0.00465. The van der Waals surface area contributed by atoms with E-state index in [4.69, 9.17) is 56.8 Å². The number of ether oxygens (including phenoxy) is 12. The van der Waals surface area contributed by atoms with Crippen LogP contribution in [-0.4, -0.2) is 145 Å². The van der Waals surface area contributed by atoms with Gasteiger partial charge in [-0.05, 0) is 65.2 Å². The number of carbonyl (C=O) groups is 2. The van der Waals surface area contributed by atoms with Gasteiger partial charge in [-0.2, -0.15) is 0 Å². The molecule has 6 rings (SSSR count). The number of esters is 2. The SMILES string of the molecule is COc1cc2c(cc1OC)C(Cc1cc(OC)c(OC)c(OC)c1)[N+](C)(CCCOC(=O)C=CC(=O)OCCC[N+]1(C)CCc3cc(OC)c(OC)cc3C1c1cc(OC)c(OC)c(OC)c1)CC2. The summed E-state index contributed by atoms with van der Waals surface area (Å²) in [5.74, 6) is 4.71. The van der Waals surface area contributed by atoms with Gasteiger partial charge in [-0.3, -0.25) is 0 Å². The Labute approximate surface area is 406 Å². The monoisotopic (exact) mass is 958 g/mol. The van der Waals surface area contributed by atoms with Crippen LogP contribution in [0.3, 0.4) is 0 Å². The number of likely N-dealkylation sites (N-methyl/N-ethyl adjacent to an activating group) is 2. The van der Waals surface area contributed by atoms with Gasteiger partial charge in [0.2, 0.25) is 11.5 Å². The summed E-state index contributed by atoms with van der Waals surface area (Å²) in [6.45, 7) is 3.36. The average molecular weight is 959 g/mol. The Morgan fingerprint density at radius 2 is 0.884 bits per heavy atom. The third kappa shape index (κ3) is 11.3. The Kier molecular flexibility index (Phi) is 17.4. The lowest BCUT2D eigenvalue weighted by Crippen LogP contribution is -2.52. The van der Waals surface area contributed by atoms with Gasteiger partial charge in [0, 0.05) is 60.9 Å². The Bertz CT molecular complexity index is 2420. The molecular weight excluding hydrogens is 889 g/mol. The van der Waals surface area contributed by atoms with E-state index < -0.39 is 11.9 Å². The van der Waals surface area contributed by atoms with Gasteiger partial charge in [0.1, 0.15) is 12.1 Å². The largest absolute Gasteiger partial charge is 0.493 e. The van der Waals surface area contributed by atoms with Crippen LogP contribution in [0.1, 0.15) is 58.3 Å². The van der Waals surface area contributed by atoms with Crippen molar-refractivity contribution >= 4 is 11.9 Å². The standard InChI is InChI=1S/C53H70N2O14/c1-54(21-17-35-28-41(58-3)43(60-5)32-38(35)40(54)25-34-26-45(62-7)52(66-11)46(27-34)63-8)19-13-23-68-49(56)15-16-50(57)69-24-14-20-55(2)22-18-36-29-42(59-4)44(61-6)33-39(36)51(55)37-30-47(64-9)53(67-12)48(31-37)65-10/h15-16,26-33,40,51H,13-14,17-25H2,1-12H3/q+2. The topological polar surface area (TPSA) is 145 Å². The maximum Gasteiger partial charge on any atom is 0.331 e. The third-order valence-corrected chi connectivity index (χ3v) is 13.7. The molecule has 4 atom stereocenters. The molecule has 0 radical (unpaired) electrons. The van der Waals surface area contributed by atoms with Crippen molar-refractivity contribution in [1.29, 1.82) is 0 Å². The first kappa shape index (κ1) is 51.9. The van der Waals surface area contributed by atoms with Crippen LogP contribution in [-0.2, 0) is 38.3 Å². The molecule has 4 unspecified atom stereocenters. The van der Waals surface area contributed by atoms with E-state index in [0.717, 1.165) is 65.9 Å². The van der Waals surface area contributed by atoms with E-state index >= 15 is 0 Å². The van der Waals surface area contributed by atoms with Gasteiger partial charge in [-0.15, -0.1) is 0 Å². The molecule has 69 heavy (non-hydrogen) atoms. The summed E-state index contributed by atoms with van der Waals surface area (Å²) in [7, 11) is 20.6. The van der Waals surface area contributed by atoms with Crippen molar-refractivity contribution in [3.63, 3.8) is 0 Å². The molecule has 2 aliphatic heterocycles. The highest BCUT2D eigenvalue weighted by molar-refractivity contribution is 5.91. The van der Waals surface area contributed by atoms with Crippen LogP contribution in [0.15, 0.2) is 60.7 Å². The van der Waals surface area contributed by atoms with E-state index in [1.54, 1.807) is 71.1 Å². The normalized spacial score (nSPS) is 19.4. The zero-order valence-electron chi connectivity index (χ0n) is 42.3. The number of fused-ring (bicyclic) bond motifs is 2. The average Bonchev–Trinajstić information content (AvgIpc) is 3.37. The lowest BCUT2D eigenvalue weighted by molar-refractivity contribution is -0.941. The van der Waals surface area contributed by atoms with Crippen LogP contribution in [0.4, 0.5) is 0 Å². The van der Waals surface area contributed by atoms with E-state index in [1.807, 2.05) is 36.4 Å². The highest BCUT2D eigenvalue weighted by atomic mass is 16.6. The Morgan fingerprint density at radius 1 is 0.493 bits per heavy atom. The fraction of sp³-hybridized carbons (Fsp3) is 0.472. The Morgan fingerprint density at radius 3 is 1.33 bits per heavy atom. The third-order valence-electron chi connectivity index (χ3n) is 13.7. The molecule has 0 bridgehead atoms. The molecule has 0 saturated heterocycles. The molecule has 16 nitrogen and oxygen atoms in total. The van der Waals surface area contributed by atoms with Crippen molar-refractivity contribution in [2.45, 2.75) is 44.2 Å². The first-order valence-electron chi connectivity index (χ1n) is 23.1. The van der Waals surface area contributed by atoms with E-state index in [2.05, 4.69) is 26.2 Å². The lowest BCUT2D eigenvalue weighted by atomic mass is 9.85. The summed E-state index contributed by atoms with van der Waals surface area (Å²) in [5.41, 5.74) is 6.57. The molecule has 0 saturated carbocycles. The second kappa shape index (κ2) is 23.2. The molecule has 0 aliphatic carbocycles. The van der Waals surface area contributed by atoms with Gasteiger partial charge >= 0.3 is 11.9 Å². The van der Waals surface area contributed by atoms with Crippen LogP contribution in [0.5, 0.6) is 57.5 Å². The highest BCUT2D eigenvalue weighted by Crippen LogP contribution is 2.49. The zero-order valence-corrected chi connectivity index (χ0v) is 42.3. The summed E-state index contributed by atoms with van der Waals surface area (Å²) >= 11 is 0. The summed E-state index contributed by atoms with van der Waals surface area (Å²) in [6.07, 6.45) is 5.68. The summed E-state index contributed by atoms with van der Waals surface area (Å²) in [6, 6.07) is 16.0. The predicted molar refractivity (Wildman–Crippen MR) is 259 cm³/mol. The first-order valence-corrected chi connectivity index (χ1v) is 23.1. The number of rotatable bonds is 23. The number of hydrogen-bond acceptors (Lipinski definition) is 14. The molecule has 16 heteroatoms. The van der Waals surface area contributed by atoms with Crippen molar-refractivity contribution in [3.05, 3.63) is 94.1 Å². The molecule has 0 fully saturated rings. The minimum atomic E-state index is -0.622. The molecular formula is C53H70N2O14+2. The van der Waals surface area contributed by atoms with Crippen molar-refractivity contribution in [2.75, 3.05) is 125 Å². The molecule has 0 amide bonds. The van der Waals surface area contributed by atoms with E-state index in [-0.39, 0.29) is 25.3 Å². The second-order valence-electron chi connectivity index (χ2n) is 17.7. The smallest absolute Gasteiger partial charge is 0.331 e. The summed E-state index contributed by atoms with van der Waals surface area (Å²) in [4.78, 5) is 25.8. The molecule has 0 aromatic heterocycles. The quantitative estimate of drug-likeness (QED) is 0.0318. The van der Waals surface area contributed by atoms with Crippen molar-refractivity contribution < 1.29 is 75.4 Å². The van der Waals surface area contributed by atoms with E-state index in [0.29, 0.717) is 98.8 Å². The number of hydrogen-bond donors (Lipinski definition) is 0. The van der Waals surface area contributed by atoms with Gasteiger partial charge in [-0.1, -0.05) is 0 Å². The predicted octanol–water partition coefficient (Wildman–Crippen LogP) is 7.27. The zero-order chi connectivity index (χ0) is 49.9. The first-order chi connectivity index (χ1) is 33.3. The van der Waals surface area contributed by atoms with Crippen LogP contribution in [0, 0.1) is 0 Å². The maximum absolute atomic E-state index is 12.9. The number of carbonyl (C=O) groups excluding carboxylic acids is 2.